The van der Waals surface area contributed by atoms with Crippen LogP contribution in [0.3, 0.4) is 0 Å². The Morgan fingerprint density at radius 1 is 1.35 bits per heavy atom. The molecule has 0 saturated carbocycles. The first-order chi connectivity index (χ1) is 11.0. The highest BCUT2D eigenvalue weighted by Crippen LogP contribution is 2.31. The molecule has 2 heterocycles. The summed E-state index contributed by atoms with van der Waals surface area (Å²) in [6.45, 7) is -0.383. The summed E-state index contributed by atoms with van der Waals surface area (Å²) in [5.41, 5.74) is 4.56. The number of H-pyrrole nitrogens is 1. The number of pyridine rings is 1. The second kappa shape index (κ2) is 5.94. The quantitative estimate of drug-likeness (QED) is 0.568. The normalized spacial score (nSPS) is 11.0. The van der Waals surface area contributed by atoms with Crippen molar-refractivity contribution >= 4 is 28.5 Å². The molecule has 0 fully saturated rings. The van der Waals surface area contributed by atoms with E-state index < -0.39 is 17.6 Å². The van der Waals surface area contributed by atoms with Crippen LogP contribution in [-0.2, 0) is 4.74 Å². The van der Waals surface area contributed by atoms with Crippen LogP contribution in [0.1, 0.15) is 10.5 Å². The third kappa shape index (κ3) is 2.64. The maximum atomic E-state index is 14.5. The van der Waals surface area contributed by atoms with E-state index in [1.165, 1.54) is 6.07 Å². The van der Waals surface area contributed by atoms with Gasteiger partial charge in [-0.25, -0.2) is 18.6 Å². The number of halogens is 3. The Morgan fingerprint density at radius 2 is 2.13 bits per heavy atom. The highest BCUT2D eigenvalue weighted by Gasteiger charge is 2.21. The van der Waals surface area contributed by atoms with Gasteiger partial charge in [0.2, 0.25) is 0 Å². The Kier molecular flexibility index (Phi) is 3.97. The van der Waals surface area contributed by atoms with Crippen LogP contribution in [-0.4, -0.2) is 22.7 Å². The average Bonchev–Trinajstić information content (AvgIpc) is 2.98. The molecule has 1 aromatic carbocycles. The van der Waals surface area contributed by atoms with E-state index in [0.717, 1.165) is 6.07 Å². The fourth-order valence-corrected chi connectivity index (χ4v) is 2.43. The first-order valence-electron chi connectivity index (χ1n) is 6.52. The zero-order chi connectivity index (χ0) is 16.6. The summed E-state index contributed by atoms with van der Waals surface area (Å²) >= 11 is 5.79. The molecule has 0 aliphatic rings. The van der Waals surface area contributed by atoms with Crippen molar-refractivity contribution in [2.24, 2.45) is 5.73 Å². The van der Waals surface area contributed by atoms with Gasteiger partial charge in [0.25, 0.3) is 0 Å². The number of carbonyl (C=O) groups excluding carboxylic acids is 1. The van der Waals surface area contributed by atoms with Gasteiger partial charge in [-0.15, -0.1) is 0 Å². The van der Waals surface area contributed by atoms with E-state index >= 15 is 0 Å². The number of esters is 1. The number of fused-ring (bicyclic) bond motifs is 1. The van der Waals surface area contributed by atoms with E-state index in [9.17, 15) is 13.6 Å². The van der Waals surface area contributed by atoms with E-state index in [-0.39, 0.29) is 34.2 Å². The molecule has 23 heavy (non-hydrogen) atoms. The Morgan fingerprint density at radius 3 is 2.87 bits per heavy atom. The molecule has 3 aromatic rings. The van der Waals surface area contributed by atoms with Crippen LogP contribution < -0.4 is 5.73 Å². The fraction of sp³-hybridized carbons (Fsp3) is 0.0667. The van der Waals surface area contributed by atoms with Crippen LogP contribution in [0.4, 0.5) is 8.78 Å². The van der Waals surface area contributed by atoms with Crippen molar-refractivity contribution in [3.05, 3.63) is 52.8 Å². The van der Waals surface area contributed by atoms with Gasteiger partial charge in [-0.05, 0) is 18.2 Å². The molecule has 0 saturated heterocycles. The molecule has 0 aliphatic heterocycles. The van der Waals surface area contributed by atoms with Gasteiger partial charge < -0.3 is 9.72 Å². The van der Waals surface area contributed by atoms with Crippen LogP contribution in [0.15, 0.2) is 30.5 Å². The molecule has 5 nitrogen and oxygen atoms in total. The Balaban J connectivity index is 2.19. The SMILES string of the molecule is NCOC(=O)c1nc(-c2ccc3cc[nH]c3c2F)c(F)cc1Cl. The lowest BCUT2D eigenvalue weighted by atomic mass is 10.1. The summed E-state index contributed by atoms with van der Waals surface area (Å²) in [6, 6.07) is 5.55. The number of nitrogens with two attached hydrogens (primary N) is 1. The van der Waals surface area contributed by atoms with Crippen molar-refractivity contribution in [1.29, 1.82) is 0 Å². The molecule has 8 heteroatoms. The first kappa shape index (κ1) is 15.4. The van der Waals surface area contributed by atoms with Gasteiger partial charge in [-0.1, -0.05) is 17.7 Å². The molecule has 0 radical (unpaired) electrons. The number of hydrogen-bond donors (Lipinski definition) is 2. The molecule has 0 spiro atoms. The molecule has 2 aromatic heterocycles. The maximum Gasteiger partial charge on any atom is 0.359 e. The highest BCUT2D eigenvalue weighted by molar-refractivity contribution is 6.33. The minimum atomic E-state index is -0.917. The zero-order valence-electron chi connectivity index (χ0n) is 11.6. The van der Waals surface area contributed by atoms with Crippen LogP contribution in [0.2, 0.25) is 5.02 Å². The summed E-state index contributed by atoms with van der Waals surface area (Å²) in [7, 11) is 0. The van der Waals surface area contributed by atoms with Crippen molar-refractivity contribution < 1.29 is 18.3 Å². The van der Waals surface area contributed by atoms with E-state index in [0.29, 0.717) is 5.39 Å². The van der Waals surface area contributed by atoms with Crippen LogP contribution >= 0.6 is 11.6 Å². The molecule has 0 aliphatic carbocycles. The highest BCUT2D eigenvalue weighted by atomic mass is 35.5. The molecule has 0 bridgehead atoms. The van der Waals surface area contributed by atoms with Crippen molar-refractivity contribution in [3.63, 3.8) is 0 Å². The molecular formula is C15H10ClF2N3O2. The smallest absolute Gasteiger partial charge is 0.359 e. The lowest BCUT2D eigenvalue weighted by molar-refractivity contribution is 0.0508. The van der Waals surface area contributed by atoms with Gasteiger partial charge in [-0.2, -0.15) is 0 Å². The van der Waals surface area contributed by atoms with Gasteiger partial charge in [0.15, 0.2) is 17.3 Å². The lowest BCUT2D eigenvalue weighted by Gasteiger charge is -2.09. The Hall–Kier alpha value is -2.51. The summed E-state index contributed by atoms with van der Waals surface area (Å²) in [5.74, 6) is -2.46. The van der Waals surface area contributed by atoms with Gasteiger partial charge in [-0.3, -0.25) is 5.73 Å². The predicted octanol–water partition coefficient (Wildman–Crippen LogP) is 3.23. The number of benzene rings is 1. The summed E-state index contributed by atoms with van der Waals surface area (Å²) < 4.78 is 33.3. The molecule has 0 unspecified atom stereocenters. The monoisotopic (exact) mass is 337 g/mol. The number of carbonyl (C=O) groups is 1. The van der Waals surface area contributed by atoms with E-state index in [1.54, 1.807) is 18.3 Å². The zero-order valence-corrected chi connectivity index (χ0v) is 12.3. The number of rotatable bonds is 3. The number of nitrogens with one attached hydrogen (secondary N) is 1. The fourth-order valence-electron chi connectivity index (χ4n) is 2.22. The van der Waals surface area contributed by atoms with Crippen LogP contribution in [0.5, 0.6) is 0 Å². The molecule has 0 amide bonds. The largest absolute Gasteiger partial charge is 0.445 e. The minimum absolute atomic E-state index is 0.101. The Bertz CT molecular complexity index is 911. The standard InChI is InChI=1S/C15H10ClF2N3O2/c16-9-5-10(17)13(21-14(9)15(22)23-6-19)8-2-1-7-3-4-20-12(7)11(8)18/h1-5,20H,6,19H2. The third-order valence-electron chi connectivity index (χ3n) is 3.26. The summed E-state index contributed by atoms with van der Waals surface area (Å²) in [4.78, 5) is 18.3. The topological polar surface area (TPSA) is 81.0 Å². The van der Waals surface area contributed by atoms with Crippen LogP contribution in [0, 0.1) is 11.6 Å². The average molecular weight is 338 g/mol. The number of hydrogen-bond acceptors (Lipinski definition) is 4. The van der Waals surface area contributed by atoms with Crippen molar-refractivity contribution in [2.45, 2.75) is 0 Å². The minimum Gasteiger partial charge on any atom is -0.445 e. The second-order valence-corrected chi connectivity index (χ2v) is 5.02. The lowest BCUT2D eigenvalue weighted by Crippen LogP contribution is -2.14. The van der Waals surface area contributed by atoms with Crippen molar-refractivity contribution in [2.75, 3.05) is 6.73 Å². The number of ether oxygens (including phenoxy) is 1. The maximum absolute atomic E-state index is 14.5. The molecule has 118 valence electrons. The van der Waals surface area contributed by atoms with Gasteiger partial charge in [0.05, 0.1) is 10.5 Å². The number of nitrogens with zero attached hydrogens (tertiary/aromatic N) is 1. The summed E-state index contributed by atoms with van der Waals surface area (Å²) in [5, 5.41) is 0.384. The number of aromatic nitrogens is 2. The van der Waals surface area contributed by atoms with E-state index in [1.807, 2.05) is 0 Å². The predicted molar refractivity (Wildman–Crippen MR) is 80.9 cm³/mol. The molecule has 3 N–H and O–H groups in total. The Labute approximate surface area is 134 Å². The number of aromatic amines is 1. The molecule has 0 atom stereocenters. The van der Waals surface area contributed by atoms with E-state index in [4.69, 9.17) is 17.3 Å². The van der Waals surface area contributed by atoms with Gasteiger partial charge >= 0.3 is 5.97 Å². The van der Waals surface area contributed by atoms with E-state index in [2.05, 4.69) is 14.7 Å². The first-order valence-corrected chi connectivity index (χ1v) is 6.90. The van der Waals surface area contributed by atoms with Crippen LogP contribution in [0.25, 0.3) is 22.2 Å². The second-order valence-electron chi connectivity index (χ2n) is 4.62. The van der Waals surface area contributed by atoms with Crippen molar-refractivity contribution in [3.8, 4) is 11.3 Å². The van der Waals surface area contributed by atoms with Gasteiger partial charge in [0, 0.05) is 17.1 Å². The van der Waals surface area contributed by atoms with Crippen molar-refractivity contribution in [1.82, 2.24) is 9.97 Å². The molecule has 3 rings (SSSR count). The summed E-state index contributed by atoms with van der Waals surface area (Å²) in [6.07, 6.45) is 1.56. The third-order valence-corrected chi connectivity index (χ3v) is 3.55. The van der Waals surface area contributed by atoms with Gasteiger partial charge in [0.1, 0.15) is 12.4 Å². The molecular weight excluding hydrogens is 328 g/mol.